The van der Waals surface area contributed by atoms with Gasteiger partial charge in [-0.1, -0.05) is 0 Å². The van der Waals surface area contributed by atoms with Crippen LogP contribution in [0.25, 0.3) is 0 Å². The van der Waals surface area contributed by atoms with Crippen molar-refractivity contribution in [3.63, 3.8) is 0 Å². The molecular weight excluding hydrogens is 270 g/mol. The molecule has 0 bridgehead atoms. The van der Waals surface area contributed by atoms with E-state index < -0.39 is 36.5 Å². The molecule has 0 saturated carbocycles. The van der Waals surface area contributed by atoms with E-state index in [1.165, 1.54) is 11.8 Å². The van der Waals surface area contributed by atoms with Gasteiger partial charge in [-0.2, -0.15) is 0 Å². The van der Waals surface area contributed by atoms with Crippen LogP contribution >= 0.6 is 0 Å². The summed E-state index contributed by atoms with van der Waals surface area (Å²) in [5.74, 6) is -3.16. The molecule has 4 N–H and O–H groups in total. The van der Waals surface area contributed by atoms with Gasteiger partial charge in [-0.05, 0) is 13.8 Å². The predicted octanol–water partition coefficient (Wildman–Crippen LogP) is -0.920. The minimum absolute atomic E-state index is 0.340. The zero-order chi connectivity index (χ0) is 15.9. The first-order valence-electron chi connectivity index (χ1n) is 5.95. The summed E-state index contributed by atoms with van der Waals surface area (Å²) < 4.78 is 0. The van der Waals surface area contributed by atoms with Crippen LogP contribution in [0.3, 0.4) is 0 Å². The summed E-state index contributed by atoms with van der Waals surface area (Å²) in [6.07, 6.45) is -0.750. The molecule has 0 aliphatic carbocycles. The SMILES string of the molecule is CCN(C)C(=O)C(C)NC(=O)N[C@H](CC(=O)O)C(=O)O. The Kier molecular flexibility index (Phi) is 7.05. The van der Waals surface area contributed by atoms with E-state index in [1.54, 1.807) is 14.0 Å². The highest BCUT2D eigenvalue weighted by Crippen LogP contribution is 1.95. The highest BCUT2D eigenvalue weighted by atomic mass is 16.4. The second-order valence-corrected chi connectivity index (χ2v) is 4.18. The van der Waals surface area contributed by atoms with Crippen molar-refractivity contribution < 1.29 is 29.4 Å². The fourth-order valence-corrected chi connectivity index (χ4v) is 1.32. The van der Waals surface area contributed by atoms with Crippen molar-refractivity contribution in [1.29, 1.82) is 0 Å². The molecule has 0 aromatic heterocycles. The number of likely N-dealkylation sites (N-methyl/N-ethyl adjacent to an activating group) is 1. The van der Waals surface area contributed by atoms with Crippen LogP contribution in [0.1, 0.15) is 20.3 Å². The van der Waals surface area contributed by atoms with E-state index in [-0.39, 0.29) is 5.91 Å². The lowest BCUT2D eigenvalue weighted by Crippen LogP contribution is -2.52. The first-order valence-corrected chi connectivity index (χ1v) is 5.95. The van der Waals surface area contributed by atoms with Gasteiger partial charge in [0.2, 0.25) is 5.91 Å². The molecule has 0 spiro atoms. The van der Waals surface area contributed by atoms with Crippen molar-refractivity contribution in [3.8, 4) is 0 Å². The molecule has 0 aliphatic rings. The van der Waals surface area contributed by atoms with Gasteiger partial charge >= 0.3 is 18.0 Å². The largest absolute Gasteiger partial charge is 0.481 e. The molecule has 0 aliphatic heterocycles. The summed E-state index contributed by atoms with van der Waals surface area (Å²) in [4.78, 5) is 45.8. The van der Waals surface area contributed by atoms with Gasteiger partial charge in [-0.25, -0.2) is 9.59 Å². The van der Waals surface area contributed by atoms with Crippen LogP contribution in [0.4, 0.5) is 4.79 Å². The van der Waals surface area contributed by atoms with E-state index in [0.717, 1.165) is 0 Å². The van der Waals surface area contributed by atoms with Gasteiger partial charge in [-0.3, -0.25) is 9.59 Å². The Bertz CT molecular complexity index is 398. The van der Waals surface area contributed by atoms with Crippen molar-refractivity contribution in [2.75, 3.05) is 13.6 Å². The number of carboxylic acids is 2. The second-order valence-electron chi connectivity index (χ2n) is 4.18. The van der Waals surface area contributed by atoms with E-state index in [9.17, 15) is 19.2 Å². The molecule has 2 atom stereocenters. The molecule has 0 heterocycles. The third kappa shape index (κ3) is 6.03. The molecule has 20 heavy (non-hydrogen) atoms. The Morgan fingerprint density at radius 1 is 1.15 bits per heavy atom. The third-order valence-electron chi connectivity index (χ3n) is 2.55. The van der Waals surface area contributed by atoms with Crippen molar-refractivity contribution in [1.82, 2.24) is 15.5 Å². The van der Waals surface area contributed by atoms with Gasteiger partial charge in [-0.15, -0.1) is 0 Å². The molecule has 0 radical (unpaired) electrons. The summed E-state index contributed by atoms with van der Waals surface area (Å²) in [5, 5.41) is 21.5. The maximum atomic E-state index is 11.7. The minimum Gasteiger partial charge on any atom is -0.481 e. The molecule has 9 nitrogen and oxygen atoms in total. The summed E-state index contributed by atoms with van der Waals surface area (Å²) in [6.45, 7) is 3.67. The number of amides is 3. The number of nitrogens with zero attached hydrogens (tertiary/aromatic N) is 1. The normalized spacial score (nSPS) is 12.9. The predicted molar refractivity (Wildman–Crippen MR) is 68.1 cm³/mol. The number of carbonyl (C=O) groups is 4. The summed E-state index contributed by atoms with van der Waals surface area (Å²) >= 11 is 0. The van der Waals surface area contributed by atoms with Gasteiger partial charge in [0.25, 0.3) is 0 Å². The number of carboxylic acid groups (broad SMARTS) is 2. The molecule has 0 rings (SSSR count). The molecule has 1 unspecified atom stereocenters. The number of hydrogen-bond acceptors (Lipinski definition) is 4. The molecular formula is C11H19N3O6. The van der Waals surface area contributed by atoms with E-state index in [0.29, 0.717) is 6.54 Å². The zero-order valence-corrected chi connectivity index (χ0v) is 11.5. The first kappa shape index (κ1) is 17.7. The highest BCUT2D eigenvalue weighted by molar-refractivity contribution is 5.89. The molecule has 9 heteroatoms. The summed E-state index contributed by atoms with van der Waals surface area (Å²) in [5.41, 5.74) is 0. The molecule has 0 fully saturated rings. The van der Waals surface area contributed by atoms with Crippen LogP contribution in [0, 0.1) is 0 Å². The number of nitrogens with one attached hydrogen (secondary N) is 2. The quantitative estimate of drug-likeness (QED) is 0.478. The fraction of sp³-hybridized carbons (Fsp3) is 0.636. The number of urea groups is 1. The van der Waals surface area contributed by atoms with Crippen LogP contribution in [-0.2, 0) is 14.4 Å². The average molecular weight is 289 g/mol. The van der Waals surface area contributed by atoms with Gasteiger partial charge in [0.1, 0.15) is 12.1 Å². The van der Waals surface area contributed by atoms with Crippen molar-refractivity contribution >= 4 is 23.9 Å². The first-order chi connectivity index (χ1) is 9.18. The third-order valence-corrected chi connectivity index (χ3v) is 2.55. The van der Waals surface area contributed by atoms with Crippen LogP contribution in [0.2, 0.25) is 0 Å². The lowest BCUT2D eigenvalue weighted by molar-refractivity contribution is -0.145. The maximum Gasteiger partial charge on any atom is 0.326 e. The Labute approximate surface area is 115 Å². The van der Waals surface area contributed by atoms with E-state index in [4.69, 9.17) is 10.2 Å². The van der Waals surface area contributed by atoms with Crippen LogP contribution < -0.4 is 10.6 Å². The molecule has 0 saturated heterocycles. The van der Waals surface area contributed by atoms with Crippen molar-refractivity contribution in [2.45, 2.75) is 32.4 Å². The fourth-order valence-electron chi connectivity index (χ4n) is 1.32. The average Bonchev–Trinajstić information content (AvgIpc) is 2.35. The standard InChI is InChI=1S/C11H19N3O6/c1-4-14(3)9(17)6(2)12-11(20)13-7(10(18)19)5-8(15)16/h6-7H,4-5H2,1-3H3,(H,15,16)(H,18,19)(H2,12,13,20)/t6?,7-/m1/s1. The van der Waals surface area contributed by atoms with Crippen molar-refractivity contribution in [3.05, 3.63) is 0 Å². The zero-order valence-electron chi connectivity index (χ0n) is 11.5. The van der Waals surface area contributed by atoms with E-state index in [2.05, 4.69) is 5.32 Å². The number of hydrogen-bond donors (Lipinski definition) is 4. The lowest BCUT2D eigenvalue weighted by Gasteiger charge is -2.21. The summed E-state index contributed by atoms with van der Waals surface area (Å²) in [7, 11) is 1.56. The number of carbonyl (C=O) groups excluding carboxylic acids is 2. The summed E-state index contributed by atoms with van der Waals surface area (Å²) in [6, 6.07) is -3.32. The van der Waals surface area contributed by atoms with Crippen LogP contribution in [0.5, 0.6) is 0 Å². The Balaban J connectivity index is 4.49. The highest BCUT2D eigenvalue weighted by Gasteiger charge is 2.25. The number of aliphatic carboxylic acids is 2. The van der Waals surface area contributed by atoms with Crippen LogP contribution in [-0.4, -0.2) is 64.7 Å². The monoisotopic (exact) mass is 289 g/mol. The van der Waals surface area contributed by atoms with Gasteiger partial charge in [0.05, 0.1) is 6.42 Å². The van der Waals surface area contributed by atoms with Crippen molar-refractivity contribution in [2.24, 2.45) is 0 Å². The molecule has 0 aromatic carbocycles. The Hall–Kier alpha value is -2.32. The Morgan fingerprint density at radius 3 is 2.10 bits per heavy atom. The molecule has 3 amide bonds. The van der Waals surface area contributed by atoms with Crippen LogP contribution in [0.15, 0.2) is 0 Å². The molecule has 0 aromatic rings. The van der Waals surface area contributed by atoms with E-state index in [1.807, 2.05) is 5.32 Å². The topological polar surface area (TPSA) is 136 Å². The van der Waals surface area contributed by atoms with Gasteiger partial charge in [0, 0.05) is 13.6 Å². The maximum absolute atomic E-state index is 11.7. The lowest BCUT2D eigenvalue weighted by atomic mass is 10.2. The van der Waals surface area contributed by atoms with Gasteiger partial charge in [0.15, 0.2) is 0 Å². The Morgan fingerprint density at radius 2 is 1.70 bits per heavy atom. The van der Waals surface area contributed by atoms with Gasteiger partial charge < -0.3 is 25.7 Å². The smallest absolute Gasteiger partial charge is 0.326 e. The minimum atomic E-state index is -1.56. The molecule has 114 valence electrons. The number of rotatable bonds is 7. The van der Waals surface area contributed by atoms with E-state index >= 15 is 0 Å². The second kappa shape index (κ2) is 7.97.